The second kappa shape index (κ2) is 7.41. The van der Waals surface area contributed by atoms with Crippen LogP contribution in [0.25, 0.3) is 0 Å². The van der Waals surface area contributed by atoms with Gasteiger partial charge in [0.2, 0.25) is 5.91 Å². The van der Waals surface area contributed by atoms with Crippen molar-refractivity contribution < 1.29 is 14.3 Å². The molecule has 2 rings (SSSR count). The number of nitrogens with zero attached hydrogens (tertiary/aromatic N) is 1. The molecule has 0 aromatic carbocycles. The summed E-state index contributed by atoms with van der Waals surface area (Å²) in [4.78, 5) is 13.6. The van der Waals surface area contributed by atoms with E-state index in [9.17, 15) is 4.79 Å². The van der Waals surface area contributed by atoms with Gasteiger partial charge in [-0.1, -0.05) is 13.8 Å². The summed E-state index contributed by atoms with van der Waals surface area (Å²) in [6, 6.07) is 0. The van der Waals surface area contributed by atoms with Gasteiger partial charge in [0.15, 0.2) is 0 Å². The third-order valence-electron chi connectivity index (χ3n) is 4.53. The van der Waals surface area contributed by atoms with E-state index in [-0.39, 0.29) is 5.91 Å². The first-order valence-electron chi connectivity index (χ1n) is 8.21. The van der Waals surface area contributed by atoms with Gasteiger partial charge >= 0.3 is 0 Å². The maximum atomic E-state index is 11.6. The Balaban J connectivity index is 1.60. The molecule has 1 aliphatic carbocycles. The Labute approximate surface area is 122 Å². The number of amides is 1. The summed E-state index contributed by atoms with van der Waals surface area (Å²) < 4.78 is 12.0. The number of likely N-dealkylation sites (tertiary alicyclic amines) is 1. The summed E-state index contributed by atoms with van der Waals surface area (Å²) in [6.07, 6.45) is 7.22. The highest BCUT2D eigenvalue weighted by atomic mass is 16.5. The lowest BCUT2D eigenvalue weighted by molar-refractivity contribution is -0.152. The standard InChI is InChI=1S/C16H29NO3/c1-4-12(3)19-14-10-15(11-14)20-13-6-8-17(9-7-13)16(18)5-2/h12-15H,4-11H2,1-3H3. The minimum absolute atomic E-state index is 0.272. The molecule has 0 aromatic rings. The predicted molar refractivity (Wildman–Crippen MR) is 78.6 cm³/mol. The highest BCUT2D eigenvalue weighted by Gasteiger charge is 2.34. The summed E-state index contributed by atoms with van der Waals surface area (Å²) in [5.74, 6) is 0.272. The Morgan fingerprint density at radius 1 is 1.15 bits per heavy atom. The molecule has 0 spiro atoms. The van der Waals surface area contributed by atoms with Gasteiger partial charge in [0, 0.05) is 19.5 Å². The van der Waals surface area contributed by atoms with E-state index in [2.05, 4.69) is 13.8 Å². The largest absolute Gasteiger partial charge is 0.375 e. The van der Waals surface area contributed by atoms with Crippen LogP contribution < -0.4 is 0 Å². The Kier molecular flexibility index (Phi) is 5.85. The van der Waals surface area contributed by atoms with Crippen molar-refractivity contribution in [1.82, 2.24) is 4.90 Å². The van der Waals surface area contributed by atoms with Crippen molar-refractivity contribution in [2.24, 2.45) is 0 Å². The molecule has 0 radical (unpaired) electrons. The van der Waals surface area contributed by atoms with Gasteiger partial charge in [-0.2, -0.15) is 0 Å². The zero-order valence-electron chi connectivity index (χ0n) is 13.1. The molecule has 1 atom stereocenters. The molecule has 0 aromatic heterocycles. The smallest absolute Gasteiger partial charge is 0.222 e. The van der Waals surface area contributed by atoms with Crippen LogP contribution in [-0.4, -0.2) is 48.3 Å². The summed E-state index contributed by atoms with van der Waals surface area (Å²) in [5, 5.41) is 0. The minimum Gasteiger partial charge on any atom is -0.375 e. The lowest BCUT2D eigenvalue weighted by atomic mass is 9.91. The van der Waals surface area contributed by atoms with E-state index in [0.717, 1.165) is 45.2 Å². The molecule has 1 aliphatic heterocycles. The molecule has 1 amide bonds. The van der Waals surface area contributed by atoms with Crippen LogP contribution in [0.5, 0.6) is 0 Å². The summed E-state index contributed by atoms with van der Waals surface area (Å²) >= 11 is 0. The van der Waals surface area contributed by atoms with Crippen LogP contribution >= 0.6 is 0 Å². The van der Waals surface area contributed by atoms with E-state index in [1.165, 1.54) is 0 Å². The number of carbonyl (C=O) groups excluding carboxylic acids is 1. The van der Waals surface area contributed by atoms with Crippen LogP contribution in [-0.2, 0) is 14.3 Å². The Morgan fingerprint density at radius 3 is 2.35 bits per heavy atom. The molecule has 1 heterocycles. The lowest BCUT2D eigenvalue weighted by Crippen LogP contribution is -2.45. The molecule has 1 saturated heterocycles. The normalized spacial score (nSPS) is 29.1. The van der Waals surface area contributed by atoms with Crippen LogP contribution in [0.2, 0.25) is 0 Å². The zero-order valence-corrected chi connectivity index (χ0v) is 13.1. The van der Waals surface area contributed by atoms with Gasteiger partial charge in [-0.15, -0.1) is 0 Å². The second-order valence-corrected chi connectivity index (χ2v) is 6.14. The first-order chi connectivity index (χ1) is 9.62. The van der Waals surface area contributed by atoms with Crippen LogP contribution in [0.4, 0.5) is 0 Å². The molecule has 4 nitrogen and oxygen atoms in total. The lowest BCUT2D eigenvalue weighted by Gasteiger charge is -2.40. The zero-order chi connectivity index (χ0) is 14.5. The van der Waals surface area contributed by atoms with Gasteiger partial charge in [-0.05, 0) is 39.0 Å². The predicted octanol–water partition coefficient (Wildman–Crippen LogP) is 2.75. The summed E-state index contributed by atoms with van der Waals surface area (Å²) in [6.45, 7) is 7.93. The van der Waals surface area contributed by atoms with Gasteiger partial charge in [0.05, 0.1) is 24.4 Å². The maximum Gasteiger partial charge on any atom is 0.222 e. The maximum absolute atomic E-state index is 11.6. The van der Waals surface area contributed by atoms with Crippen molar-refractivity contribution in [3.05, 3.63) is 0 Å². The van der Waals surface area contributed by atoms with Gasteiger partial charge in [-0.25, -0.2) is 0 Å². The number of piperidine rings is 1. The highest BCUT2D eigenvalue weighted by Crippen LogP contribution is 2.30. The van der Waals surface area contributed by atoms with Crippen molar-refractivity contribution in [2.75, 3.05) is 13.1 Å². The third-order valence-corrected chi connectivity index (χ3v) is 4.53. The Morgan fingerprint density at radius 2 is 1.80 bits per heavy atom. The highest BCUT2D eigenvalue weighted by molar-refractivity contribution is 5.75. The molecular weight excluding hydrogens is 254 g/mol. The average molecular weight is 283 g/mol. The van der Waals surface area contributed by atoms with Crippen LogP contribution in [0.15, 0.2) is 0 Å². The molecule has 0 bridgehead atoms. The van der Waals surface area contributed by atoms with Crippen molar-refractivity contribution in [3.8, 4) is 0 Å². The molecule has 2 aliphatic rings. The first kappa shape index (κ1) is 15.8. The van der Waals surface area contributed by atoms with E-state index < -0.39 is 0 Å². The fourth-order valence-corrected chi connectivity index (χ4v) is 2.90. The SMILES string of the molecule is CCC(=O)N1CCC(OC2CC(OC(C)CC)C2)CC1. The van der Waals surface area contributed by atoms with E-state index in [1.54, 1.807) is 0 Å². The second-order valence-electron chi connectivity index (χ2n) is 6.14. The summed E-state index contributed by atoms with van der Waals surface area (Å²) in [7, 11) is 0. The quantitative estimate of drug-likeness (QED) is 0.752. The van der Waals surface area contributed by atoms with Crippen LogP contribution in [0.3, 0.4) is 0 Å². The Hall–Kier alpha value is -0.610. The van der Waals surface area contributed by atoms with Crippen LogP contribution in [0, 0.1) is 0 Å². The van der Waals surface area contributed by atoms with Gasteiger partial charge in [0.25, 0.3) is 0 Å². The van der Waals surface area contributed by atoms with E-state index >= 15 is 0 Å². The molecule has 1 saturated carbocycles. The first-order valence-corrected chi connectivity index (χ1v) is 8.21. The van der Waals surface area contributed by atoms with E-state index in [1.807, 2.05) is 11.8 Å². The Bertz CT molecular complexity index is 307. The molecule has 20 heavy (non-hydrogen) atoms. The number of carbonyl (C=O) groups is 1. The van der Waals surface area contributed by atoms with E-state index in [4.69, 9.17) is 9.47 Å². The minimum atomic E-state index is 0.272. The molecule has 2 fully saturated rings. The molecular formula is C16H29NO3. The van der Waals surface area contributed by atoms with E-state index in [0.29, 0.717) is 30.8 Å². The third kappa shape index (κ3) is 4.19. The number of hydrogen-bond donors (Lipinski definition) is 0. The van der Waals surface area contributed by atoms with Crippen molar-refractivity contribution in [1.29, 1.82) is 0 Å². The monoisotopic (exact) mass is 283 g/mol. The fourth-order valence-electron chi connectivity index (χ4n) is 2.90. The van der Waals surface area contributed by atoms with Gasteiger partial charge < -0.3 is 14.4 Å². The topological polar surface area (TPSA) is 38.8 Å². The van der Waals surface area contributed by atoms with Crippen LogP contribution in [0.1, 0.15) is 59.3 Å². The molecule has 0 N–H and O–H groups in total. The summed E-state index contributed by atoms with van der Waals surface area (Å²) in [5.41, 5.74) is 0. The number of ether oxygens (including phenoxy) is 2. The molecule has 1 unspecified atom stereocenters. The van der Waals surface area contributed by atoms with Gasteiger partial charge in [0.1, 0.15) is 0 Å². The number of rotatable bonds is 6. The molecule has 116 valence electrons. The van der Waals surface area contributed by atoms with Crippen molar-refractivity contribution in [3.63, 3.8) is 0 Å². The van der Waals surface area contributed by atoms with Gasteiger partial charge in [-0.3, -0.25) is 4.79 Å². The van der Waals surface area contributed by atoms with Crippen molar-refractivity contribution >= 4 is 5.91 Å². The van der Waals surface area contributed by atoms with Crippen molar-refractivity contribution in [2.45, 2.75) is 83.7 Å². The molecule has 4 heteroatoms. The average Bonchev–Trinajstić information content (AvgIpc) is 2.44. The fraction of sp³-hybridized carbons (Fsp3) is 0.938. The number of hydrogen-bond acceptors (Lipinski definition) is 3.